The number of nitro groups is 1. The first-order valence-corrected chi connectivity index (χ1v) is 5.74. The van der Waals surface area contributed by atoms with Crippen molar-refractivity contribution in [2.24, 2.45) is 0 Å². The Bertz CT molecular complexity index is 831. The summed E-state index contributed by atoms with van der Waals surface area (Å²) in [5.41, 5.74) is 1.00. The zero-order valence-corrected chi connectivity index (χ0v) is 10.6. The molecule has 0 aromatic heterocycles. The van der Waals surface area contributed by atoms with Crippen molar-refractivity contribution in [3.8, 4) is 29.3 Å². The molecule has 21 heavy (non-hydrogen) atoms. The molecular weight excluding hydrogens is 268 g/mol. The SMILES string of the molecule is N#Cc1cc(C#N)c(-c2cccc([N+](=O)[O-])c2)c(C#N)c1. The van der Waals surface area contributed by atoms with Crippen LogP contribution in [0.4, 0.5) is 5.69 Å². The lowest BCUT2D eigenvalue weighted by molar-refractivity contribution is -0.384. The van der Waals surface area contributed by atoms with Crippen molar-refractivity contribution in [2.75, 3.05) is 0 Å². The molecule has 6 heteroatoms. The topological polar surface area (TPSA) is 115 Å². The maximum absolute atomic E-state index is 10.8. The quantitative estimate of drug-likeness (QED) is 0.616. The Morgan fingerprint density at radius 1 is 0.952 bits per heavy atom. The molecule has 0 aliphatic rings. The van der Waals surface area contributed by atoms with E-state index in [1.165, 1.54) is 30.3 Å². The molecule has 2 aromatic rings. The molecule has 0 heterocycles. The summed E-state index contributed by atoms with van der Waals surface area (Å²) in [5, 5.41) is 38.1. The molecule has 2 rings (SSSR count). The van der Waals surface area contributed by atoms with Crippen LogP contribution in [0.3, 0.4) is 0 Å². The van der Waals surface area contributed by atoms with E-state index in [9.17, 15) is 20.6 Å². The van der Waals surface area contributed by atoms with Crippen LogP contribution in [0.2, 0.25) is 0 Å². The van der Waals surface area contributed by atoms with Crippen molar-refractivity contribution in [3.05, 3.63) is 63.2 Å². The van der Waals surface area contributed by atoms with Gasteiger partial charge < -0.3 is 0 Å². The summed E-state index contributed by atoms with van der Waals surface area (Å²) in [5.74, 6) is 0. The molecule has 0 unspecified atom stereocenters. The van der Waals surface area contributed by atoms with Gasteiger partial charge in [-0.3, -0.25) is 10.1 Å². The van der Waals surface area contributed by atoms with Crippen LogP contribution in [0.25, 0.3) is 11.1 Å². The third-order valence-corrected chi connectivity index (χ3v) is 2.85. The predicted octanol–water partition coefficient (Wildman–Crippen LogP) is 2.88. The van der Waals surface area contributed by atoms with Crippen molar-refractivity contribution in [2.45, 2.75) is 0 Å². The summed E-state index contributed by atoms with van der Waals surface area (Å²) < 4.78 is 0. The summed E-state index contributed by atoms with van der Waals surface area (Å²) in [6.45, 7) is 0. The van der Waals surface area contributed by atoms with Gasteiger partial charge in [-0.25, -0.2) is 0 Å². The predicted molar refractivity (Wildman–Crippen MR) is 72.7 cm³/mol. The number of non-ortho nitro benzene ring substituents is 1. The van der Waals surface area contributed by atoms with E-state index < -0.39 is 4.92 Å². The van der Waals surface area contributed by atoms with Gasteiger partial charge in [-0.15, -0.1) is 0 Å². The highest BCUT2D eigenvalue weighted by Gasteiger charge is 2.15. The van der Waals surface area contributed by atoms with Crippen molar-refractivity contribution in [3.63, 3.8) is 0 Å². The highest BCUT2D eigenvalue weighted by atomic mass is 16.6. The van der Waals surface area contributed by atoms with Crippen LogP contribution in [0, 0.1) is 44.1 Å². The number of nitrogens with zero attached hydrogens (tertiary/aromatic N) is 4. The van der Waals surface area contributed by atoms with Gasteiger partial charge in [0, 0.05) is 17.7 Å². The Labute approximate surface area is 119 Å². The Balaban J connectivity index is 2.78. The highest BCUT2D eigenvalue weighted by molar-refractivity contribution is 5.78. The summed E-state index contributed by atoms with van der Waals surface area (Å²) in [6, 6.07) is 14.1. The molecule has 6 nitrogen and oxygen atoms in total. The third-order valence-electron chi connectivity index (χ3n) is 2.85. The van der Waals surface area contributed by atoms with Crippen LogP contribution in [0.15, 0.2) is 36.4 Å². The molecule has 0 fully saturated rings. The highest BCUT2D eigenvalue weighted by Crippen LogP contribution is 2.30. The second-order valence-electron chi connectivity index (χ2n) is 4.09. The van der Waals surface area contributed by atoms with E-state index >= 15 is 0 Å². The van der Waals surface area contributed by atoms with Crippen LogP contribution in [-0.2, 0) is 0 Å². The van der Waals surface area contributed by atoms with Gasteiger partial charge in [0.2, 0.25) is 0 Å². The van der Waals surface area contributed by atoms with Crippen LogP contribution < -0.4 is 0 Å². The van der Waals surface area contributed by atoms with E-state index in [0.29, 0.717) is 11.1 Å². The molecule has 0 bridgehead atoms. The maximum atomic E-state index is 10.8. The van der Waals surface area contributed by atoms with Crippen molar-refractivity contribution in [1.82, 2.24) is 0 Å². The molecule has 2 aromatic carbocycles. The Morgan fingerprint density at radius 2 is 1.57 bits per heavy atom. The fraction of sp³-hybridized carbons (Fsp3) is 0. The van der Waals surface area contributed by atoms with Gasteiger partial charge in [0.15, 0.2) is 0 Å². The van der Waals surface area contributed by atoms with Gasteiger partial charge >= 0.3 is 0 Å². The third kappa shape index (κ3) is 2.53. The summed E-state index contributed by atoms with van der Waals surface area (Å²) in [6.07, 6.45) is 0. The Kier molecular flexibility index (Phi) is 3.61. The maximum Gasteiger partial charge on any atom is 0.270 e. The summed E-state index contributed by atoms with van der Waals surface area (Å²) in [4.78, 5) is 10.3. The van der Waals surface area contributed by atoms with Crippen LogP contribution in [0.1, 0.15) is 16.7 Å². The van der Waals surface area contributed by atoms with E-state index in [2.05, 4.69) is 0 Å². The van der Waals surface area contributed by atoms with Gasteiger partial charge in [-0.2, -0.15) is 15.8 Å². The lowest BCUT2D eigenvalue weighted by Crippen LogP contribution is -1.94. The fourth-order valence-electron chi connectivity index (χ4n) is 1.97. The lowest BCUT2D eigenvalue weighted by atomic mass is 9.93. The molecule has 0 aliphatic carbocycles. The smallest absolute Gasteiger partial charge is 0.258 e. The molecule has 0 saturated heterocycles. The first-order valence-electron chi connectivity index (χ1n) is 5.74. The van der Waals surface area contributed by atoms with E-state index in [-0.39, 0.29) is 22.4 Å². The number of nitro benzene ring substituents is 1. The second-order valence-corrected chi connectivity index (χ2v) is 4.09. The van der Waals surface area contributed by atoms with Crippen molar-refractivity contribution < 1.29 is 4.92 Å². The molecule has 0 aliphatic heterocycles. The van der Waals surface area contributed by atoms with E-state index in [1.807, 2.05) is 18.2 Å². The standard InChI is InChI=1S/C15H6N4O2/c16-7-10-4-12(8-17)15(13(5-10)9-18)11-2-1-3-14(6-11)19(20)21/h1-6H. The van der Waals surface area contributed by atoms with E-state index in [1.54, 1.807) is 6.07 Å². The molecule has 0 N–H and O–H groups in total. The van der Waals surface area contributed by atoms with Crippen LogP contribution in [-0.4, -0.2) is 4.92 Å². The van der Waals surface area contributed by atoms with Gasteiger partial charge in [0.25, 0.3) is 5.69 Å². The minimum Gasteiger partial charge on any atom is -0.258 e. The Morgan fingerprint density at radius 3 is 2.05 bits per heavy atom. The number of nitriles is 3. The van der Waals surface area contributed by atoms with Gasteiger partial charge in [0.1, 0.15) is 0 Å². The average molecular weight is 274 g/mol. The van der Waals surface area contributed by atoms with E-state index in [4.69, 9.17) is 5.26 Å². The number of hydrogen-bond acceptors (Lipinski definition) is 5. The zero-order chi connectivity index (χ0) is 15.4. The number of rotatable bonds is 2. The zero-order valence-electron chi connectivity index (χ0n) is 10.6. The summed E-state index contributed by atoms with van der Waals surface area (Å²) in [7, 11) is 0. The largest absolute Gasteiger partial charge is 0.270 e. The first-order chi connectivity index (χ1) is 10.1. The molecule has 0 spiro atoms. The average Bonchev–Trinajstić information content (AvgIpc) is 2.53. The minimum atomic E-state index is -0.550. The van der Waals surface area contributed by atoms with Gasteiger partial charge in [-0.05, 0) is 17.7 Å². The molecule has 98 valence electrons. The van der Waals surface area contributed by atoms with Gasteiger partial charge in [0.05, 0.1) is 39.8 Å². The molecule has 0 amide bonds. The van der Waals surface area contributed by atoms with Crippen LogP contribution >= 0.6 is 0 Å². The lowest BCUT2D eigenvalue weighted by Gasteiger charge is -2.07. The molecular formula is C15H6N4O2. The molecule has 0 radical (unpaired) electrons. The van der Waals surface area contributed by atoms with Gasteiger partial charge in [-0.1, -0.05) is 12.1 Å². The Hall–Kier alpha value is -3.69. The van der Waals surface area contributed by atoms with Crippen LogP contribution in [0.5, 0.6) is 0 Å². The normalized spacial score (nSPS) is 9.19. The molecule has 0 saturated carbocycles. The minimum absolute atomic E-state index is 0.131. The first kappa shape index (κ1) is 13.7. The summed E-state index contributed by atoms with van der Waals surface area (Å²) >= 11 is 0. The molecule has 0 atom stereocenters. The second kappa shape index (κ2) is 5.52. The number of benzene rings is 2. The van der Waals surface area contributed by atoms with Crippen molar-refractivity contribution in [1.29, 1.82) is 15.8 Å². The fourth-order valence-corrected chi connectivity index (χ4v) is 1.97. The monoisotopic (exact) mass is 274 g/mol. The van der Waals surface area contributed by atoms with E-state index in [0.717, 1.165) is 0 Å². The van der Waals surface area contributed by atoms with Crippen molar-refractivity contribution >= 4 is 5.69 Å². The number of hydrogen-bond donors (Lipinski definition) is 0.